The number of hydrogen-bond acceptors (Lipinski definition) is 1. The van der Waals surface area contributed by atoms with E-state index in [1.807, 2.05) is 6.92 Å². The largest absolute Gasteiger partial charge is 0.389 e. The fourth-order valence-corrected chi connectivity index (χ4v) is 4.66. The van der Waals surface area contributed by atoms with Crippen molar-refractivity contribution in [1.29, 1.82) is 0 Å². The summed E-state index contributed by atoms with van der Waals surface area (Å²) >= 11 is 10.3. The molecule has 104 valence electrons. The second-order valence-corrected chi connectivity index (χ2v) is 8.67. The standard InChI is InChI=1S/C15H24BrClO/c1-10-5-6-11(2)15(14(10,4)18)8-7-13(3,17)12(16)9-15/h6,10,12,18H,5,7-9H2,1-4H3/t10-,12+,13+,14-,15+/m1/s1. The summed E-state index contributed by atoms with van der Waals surface area (Å²) < 4.78 is 0. The summed E-state index contributed by atoms with van der Waals surface area (Å²) in [5.41, 5.74) is 0.612. The van der Waals surface area contributed by atoms with Crippen molar-refractivity contribution in [2.24, 2.45) is 11.3 Å². The van der Waals surface area contributed by atoms with Gasteiger partial charge in [-0.15, -0.1) is 11.6 Å². The number of allylic oxidation sites excluding steroid dienone is 1. The summed E-state index contributed by atoms with van der Waals surface area (Å²) in [7, 11) is 0. The Kier molecular flexibility index (Phi) is 3.71. The van der Waals surface area contributed by atoms with E-state index in [0.717, 1.165) is 25.7 Å². The SMILES string of the molecule is CC1=CC[C@@H](C)[C@@](C)(O)[C@]12CC[C@](C)(Cl)[C@@H](Br)C2. The molecule has 0 bridgehead atoms. The maximum atomic E-state index is 11.1. The Morgan fingerprint density at radius 3 is 2.56 bits per heavy atom. The first-order valence-corrected chi connectivity index (χ1v) is 8.15. The molecule has 3 heteroatoms. The molecule has 1 saturated carbocycles. The highest BCUT2D eigenvalue weighted by atomic mass is 79.9. The highest BCUT2D eigenvalue weighted by Gasteiger charge is 2.57. The summed E-state index contributed by atoms with van der Waals surface area (Å²) in [5, 5.41) is 11.1. The van der Waals surface area contributed by atoms with Crippen LogP contribution < -0.4 is 0 Å². The molecule has 0 radical (unpaired) electrons. The first-order chi connectivity index (χ1) is 8.13. The van der Waals surface area contributed by atoms with Crippen molar-refractivity contribution in [2.75, 3.05) is 0 Å². The molecule has 0 saturated heterocycles. The van der Waals surface area contributed by atoms with Crippen LogP contribution >= 0.6 is 27.5 Å². The summed E-state index contributed by atoms with van der Waals surface area (Å²) in [6, 6.07) is 0. The molecule has 0 aromatic carbocycles. The van der Waals surface area contributed by atoms with Crippen LogP contribution in [0.5, 0.6) is 0 Å². The van der Waals surface area contributed by atoms with Gasteiger partial charge in [-0.1, -0.05) is 34.5 Å². The molecule has 2 aliphatic rings. The van der Waals surface area contributed by atoms with E-state index in [1.54, 1.807) is 0 Å². The van der Waals surface area contributed by atoms with Gasteiger partial charge < -0.3 is 5.11 Å². The molecule has 2 aliphatic carbocycles. The lowest BCUT2D eigenvalue weighted by Gasteiger charge is -2.57. The van der Waals surface area contributed by atoms with E-state index in [0.29, 0.717) is 5.92 Å². The predicted molar refractivity (Wildman–Crippen MR) is 81.4 cm³/mol. The normalized spacial score (nSPS) is 53.4. The van der Waals surface area contributed by atoms with E-state index in [4.69, 9.17) is 11.6 Å². The minimum Gasteiger partial charge on any atom is -0.389 e. The first-order valence-electron chi connectivity index (χ1n) is 6.86. The molecule has 18 heavy (non-hydrogen) atoms. The fraction of sp³-hybridized carbons (Fsp3) is 0.867. The molecular weight excluding hydrogens is 312 g/mol. The number of aliphatic hydroxyl groups is 1. The Bertz CT molecular complexity index is 375. The van der Waals surface area contributed by atoms with Gasteiger partial charge in [-0.2, -0.15) is 0 Å². The average Bonchev–Trinajstić information content (AvgIpc) is 2.27. The van der Waals surface area contributed by atoms with Gasteiger partial charge in [0.2, 0.25) is 0 Å². The van der Waals surface area contributed by atoms with Crippen molar-refractivity contribution in [3.05, 3.63) is 11.6 Å². The third kappa shape index (κ3) is 1.99. The van der Waals surface area contributed by atoms with Crippen molar-refractivity contribution < 1.29 is 5.11 Å². The van der Waals surface area contributed by atoms with Gasteiger partial charge >= 0.3 is 0 Å². The maximum Gasteiger partial charge on any atom is 0.0741 e. The molecule has 1 N–H and O–H groups in total. The zero-order chi connectivity index (χ0) is 13.8. The van der Waals surface area contributed by atoms with Crippen LogP contribution in [0, 0.1) is 11.3 Å². The zero-order valence-electron chi connectivity index (χ0n) is 11.8. The van der Waals surface area contributed by atoms with Crippen molar-refractivity contribution >= 4 is 27.5 Å². The lowest BCUT2D eigenvalue weighted by Crippen LogP contribution is -2.58. The minimum absolute atomic E-state index is 0.104. The highest BCUT2D eigenvalue weighted by Crippen LogP contribution is 2.59. The molecule has 0 heterocycles. The second kappa shape index (κ2) is 4.49. The molecule has 0 unspecified atom stereocenters. The van der Waals surface area contributed by atoms with Gasteiger partial charge in [0.1, 0.15) is 0 Å². The molecule has 1 nitrogen and oxygen atoms in total. The van der Waals surface area contributed by atoms with Gasteiger partial charge in [0.05, 0.1) is 10.5 Å². The Hall–Kier alpha value is 0.470. The van der Waals surface area contributed by atoms with E-state index in [1.165, 1.54) is 5.57 Å². The number of rotatable bonds is 0. The summed E-state index contributed by atoms with van der Waals surface area (Å²) in [5.74, 6) is 0.306. The number of halogens is 2. The Labute approximate surface area is 124 Å². The fourth-order valence-electron chi connectivity index (χ4n) is 3.70. The van der Waals surface area contributed by atoms with Gasteiger partial charge in [-0.25, -0.2) is 0 Å². The monoisotopic (exact) mass is 334 g/mol. The van der Waals surface area contributed by atoms with Crippen molar-refractivity contribution in [3.8, 4) is 0 Å². The number of alkyl halides is 2. The molecule has 1 spiro atoms. The molecule has 0 aromatic heterocycles. The topological polar surface area (TPSA) is 20.2 Å². The lowest BCUT2D eigenvalue weighted by molar-refractivity contribution is -0.113. The van der Waals surface area contributed by atoms with Gasteiger partial charge in [0.15, 0.2) is 0 Å². The van der Waals surface area contributed by atoms with E-state index >= 15 is 0 Å². The molecule has 0 amide bonds. The summed E-state index contributed by atoms with van der Waals surface area (Å²) in [6.45, 7) is 8.45. The van der Waals surface area contributed by atoms with E-state index in [9.17, 15) is 5.11 Å². The van der Waals surface area contributed by atoms with Crippen molar-refractivity contribution in [1.82, 2.24) is 0 Å². The Morgan fingerprint density at radius 2 is 2.00 bits per heavy atom. The average molecular weight is 336 g/mol. The third-order valence-corrected chi connectivity index (χ3v) is 7.73. The maximum absolute atomic E-state index is 11.1. The quantitative estimate of drug-likeness (QED) is 0.504. The third-order valence-electron chi connectivity index (χ3n) is 5.68. The van der Waals surface area contributed by atoms with Crippen LogP contribution in [0.3, 0.4) is 0 Å². The zero-order valence-corrected chi connectivity index (χ0v) is 14.1. The van der Waals surface area contributed by atoms with Crippen LogP contribution in [0.4, 0.5) is 0 Å². The predicted octanol–water partition coefficient (Wildman–Crippen LogP) is 4.65. The van der Waals surface area contributed by atoms with Gasteiger partial charge in [0.25, 0.3) is 0 Å². The molecular formula is C15H24BrClO. The Morgan fingerprint density at radius 1 is 1.39 bits per heavy atom. The molecule has 0 aliphatic heterocycles. The minimum atomic E-state index is -0.634. The summed E-state index contributed by atoms with van der Waals surface area (Å²) in [4.78, 5) is 0.0583. The summed E-state index contributed by atoms with van der Waals surface area (Å²) in [6.07, 6.45) is 6.14. The van der Waals surface area contributed by atoms with Gasteiger partial charge in [-0.3, -0.25) is 0 Å². The van der Waals surface area contributed by atoms with E-state index in [-0.39, 0.29) is 15.1 Å². The highest BCUT2D eigenvalue weighted by molar-refractivity contribution is 9.09. The molecule has 5 atom stereocenters. The lowest BCUT2D eigenvalue weighted by atomic mass is 9.53. The smallest absolute Gasteiger partial charge is 0.0741 e. The van der Waals surface area contributed by atoms with Crippen molar-refractivity contribution in [2.45, 2.75) is 68.7 Å². The number of hydrogen-bond donors (Lipinski definition) is 1. The van der Waals surface area contributed by atoms with Crippen molar-refractivity contribution in [3.63, 3.8) is 0 Å². The van der Waals surface area contributed by atoms with E-state index in [2.05, 4.69) is 42.8 Å². The molecule has 0 aromatic rings. The van der Waals surface area contributed by atoms with Crippen LogP contribution in [0.25, 0.3) is 0 Å². The van der Waals surface area contributed by atoms with Crippen LogP contribution in [0.1, 0.15) is 53.4 Å². The Balaban J connectivity index is 2.41. The van der Waals surface area contributed by atoms with Crippen LogP contribution in [-0.4, -0.2) is 20.4 Å². The second-order valence-electron chi connectivity index (χ2n) is 6.70. The molecule has 2 rings (SSSR count). The van der Waals surface area contributed by atoms with Crippen LogP contribution in [0.2, 0.25) is 0 Å². The molecule has 1 fully saturated rings. The van der Waals surface area contributed by atoms with Crippen LogP contribution in [0.15, 0.2) is 11.6 Å². The van der Waals surface area contributed by atoms with Gasteiger partial charge in [-0.05, 0) is 52.4 Å². The first kappa shape index (κ1) is 14.9. The van der Waals surface area contributed by atoms with E-state index < -0.39 is 5.60 Å². The van der Waals surface area contributed by atoms with Crippen LogP contribution in [-0.2, 0) is 0 Å². The van der Waals surface area contributed by atoms with Gasteiger partial charge in [0, 0.05) is 10.2 Å².